The van der Waals surface area contributed by atoms with Crippen molar-refractivity contribution >= 4 is 33.0 Å². The van der Waals surface area contributed by atoms with Gasteiger partial charge in [-0.2, -0.15) is 0 Å². The number of anilines is 1. The average molecular weight is 423 g/mol. The van der Waals surface area contributed by atoms with Gasteiger partial charge in [0.25, 0.3) is 0 Å². The van der Waals surface area contributed by atoms with Crippen LogP contribution in [-0.4, -0.2) is 20.3 Å². The summed E-state index contributed by atoms with van der Waals surface area (Å²) in [5, 5.41) is 20.4. The fraction of sp³-hybridized carbons (Fsp3) is 0.474. The zero-order chi connectivity index (χ0) is 20.7. The standard InChI is InChI=1S/C19H26N4O3S2/c1-5-14-11(2)17(13-7-6-8-15(13)21-14)22-18(24)23-28(20,26)16-9-12(10-27-16)19(3,4)25/h9-10,25H,5-8H2,1-4H3,(H3,20,21,22,23,24,26). The number of amides is 2. The number of hydrogen-bond acceptors (Lipinski definition) is 5. The Labute approximate surface area is 169 Å². The smallest absolute Gasteiger partial charge is 0.354 e. The highest BCUT2D eigenvalue weighted by molar-refractivity contribution is 7.93. The summed E-state index contributed by atoms with van der Waals surface area (Å²) in [6, 6.07) is 0.796. The molecule has 0 spiro atoms. The van der Waals surface area contributed by atoms with Crippen LogP contribution in [0.1, 0.15) is 55.3 Å². The van der Waals surface area contributed by atoms with E-state index in [1.54, 1.807) is 19.2 Å². The second-order valence-electron chi connectivity index (χ2n) is 7.49. The van der Waals surface area contributed by atoms with E-state index in [9.17, 15) is 14.1 Å². The van der Waals surface area contributed by atoms with Gasteiger partial charge in [-0.1, -0.05) is 6.92 Å². The summed E-state index contributed by atoms with van der Waals surface area (Å²) in [4.78, 5) is 17.3. The monoisotopic (exact) mass is 422 g/mol. The van der Waals surface area contributed by atoms with Crippen LogP contribution in [0.5, 0.6) is 0 Å². The number of aromatic nitrogens is 1. The number of fused-ring (bicyclic) bond motifs is 1. The minimum Gasteiger partial charge on any atom is -0.386 e. The summed E-state index contributed by atoms with van der Waals surface area (Å²) in [7, 11) is -3.41. The summed E-state index contributed by atoms with van der Waals surface area (Å²) in [6.07, 6.45) is 3.50. The van der Waals surface area contributed by atoms with Crippen LogP contribution in [0.15, 0.2) is 20.0 Å². The number of rotatable bonds is 4. The first-order valence-electron chi connectivity index (χ1n) is 9.21. The van der Waals surface area contributed by atoms with Gasteiger partial charge < -0.3 is 10.4 Å². The maximum atomic E-state index is 12.8. The molecular weight excluding hydrogens is 396 g/mol. The summed E-state index contributed by atoms with van der Waals surface area (Å²) in [5.74, 6) is 0. The lowest BCUT2D eigenvalue weighted by molar-refractivity contribution is 0.0789. The molecule has 0 saturated carbocycles. The van der Waals surface area contributed by atoms with Crippen LogP contribution in [0.2, 0.25) is 0 Å². The van der Waals surface area contributed by atoms with Crippen LogP contribution in [0.3, 0.4) is 0 Å². The van der Waals surface area contributed by atoms with Crippen molar-refractivity contribution < 1.29 is 14.1 Å². The number of pyridine rings is 1. The molecule has 2 amide bonds. The van der Waals surface area contributed by atoms with Crippen molar-refractivity contribution in [2.45, 2.75) is 63.2 Å². The molecule has 2 heterocycles. The van der Waals surface area contributed by atoms with Crippen LogP contribution in [0, 0.1) is 6.92 Å². The van der Waals surface area contributed by atoms with Gasteiger partial charge in [0.05, 0.1) is 11.3 Å². The molecule has 0 bridgehead atoms. The Hall–Kier alpha value is -1.81. The number of aliphatic hydroxyl groups is 1. The number of urea groups is 1. The first-order chi connectivity index (χ1) is 13.0. The molecule has 0 aromatic carbocycles. The van der Waals surface area contributed by atoms with E-state index < -0.39 is 21.5 Å². The quantitative estimate of drug-likeness (QED) is 0.697. The van der Waals surface area contributed by atoms with Gasteiger partial charge in [-0.3, -0.25) is 4.98 Å². The number of thiophene rings is 1. The second-order valence-corrected chi connectivity index (χ2v) is 10.4. The third-order valence-electron chi connectivity index (χ3n) is 4.92. The van der Waals surface area contributed by atoms with E-state index in [0.717, 1.165) is 59.5 Å². The zero-order valence-corrected chi connectivity index (χ0v) is 18.2. The molecule has 2 aromatic rings. The van der Waals surface area contributed by atoms with Gasteiger partial charge in [0.1, 0.15) is 4.21 Å². The maximum absolute atomic E-state index is 12.8. The minimum absolute atomic E-state index is 0.255. The molecule has 0 fully saturated rings. The fourth-order valence-electron chi connectivity index (χ4n) is 3.34. The zero-order valence-electron chi connectivity index (χ0n) is 16.5. The third-order valence-corrected chi connectivity index (χ3v) is 7.78. The molecule has 7 nitrogen and oxygen atoms in total. The van der Waals surface area contributed by atoms with Crippen molar-refractivity contribution in [3.63, 3.8) is 0 Å². The van der Waals surface area contributed by atoms with Crippen LogP contribution < -0.4 is 10.5 Å². The Bertz CT molecular complexity index is 1040. The number of carbonyl (C=O) groups is 1. The van der Waals surface area contributed by atoms with Crippen molar-refractivity contribution in [1.82, 2.24) is 4.98 Å². The van der Waals surface area contributed by atoms with E-state index in [2.05, 4.69) is 9.68 Å². The molecule has 152 valence electrons. The van der Waals surface area contributed by atoms with Gasteiger partial charge in [0.2, 0.25) is 0 Å². The predicted molar refractivity (Wildman–Crippen MR) is 112 cm³/mol. The van der Waals surface area contributed by atoms with Gasteiger partial charge in [-0.15, -0.1) is 15.7 Å². The van der Waals surface area contributed by atoms with Gasteiger partial charge in [-0.25, -0.2) is 14.1 Å². The lowest BCUT2D eigenvalue weighted by Crippen LogP contribution is -2.19. The highest BCUT2D eigenvalue weighted by Crippen LogP contribution is 2.33. The lowest BCUT2D eigenvalue weighted by Gasteiger charge is -2.15. The Morgan fingerprint density at radius 1 is 1.46 bits per heavy atom. The van der Waals surface area contributed by atoms with Crippen molar-refractivity contribution in [3.05, 3.63) is 39.5 Å². The first kappa shape index (κ1) is 20.9. The second kappa shape index (κ2) is 7.55. The molecule has 0 saturated heterocycles. The van der Waals surface area contributed by atoms with Crippen LogP contribution in [0.4, 0.5) is 10.5 Å². The number of aryl methyl sites for hydroxylation is 2. The number of carbonyl (C=O) groups excluding carboxylic acids is 1. The summed E-state index contributed by atoms with van der Waals surface area (Å²) in [6.45, 7) is 7.20. The molecule has 0 radical (unpaired) electrons. The molecule has 0 aliphatic heterocycles. The van der Waals surface area contributed by atoms with Crippen LogP contribution in [-0.2, 0) is 34.8 Å². The summed E-state index contributed by atoms with van der Waals surface area (Å²) >= 11 is 1.12. The molecule has 1 unspecified atom stereocenters. The third kappa shape index (κ3) is 4.12. The summed E-state index contributed by atoms with van der Waals surface area (Å²) < 4.78 is 16.8. The molecule has 2 aromatic heterocycles. The van der Waals surface area contributed by atoms with Crippen molar-refractivity contribution in [2.75, 3.05) is 5.32 Å². The molecule has 3 rings (SSSR count). The van der Waals surface area contributed by atoms with Crippen LogP contribution >= 0.6 is 11.3 Å². The molecule has 9 heteroatoms. The van der Waals surface area contributed by atoms with Crippen LogP contribution in [0.25, 0.3) is 0 Å². The molecule has 1 atom stereocenters. The van der Waals surface area contributed by atoms with Gasteiger partial charge in [-0.05, 0) is 74.6 Å². The van der Waals surface area contributed by atoms with E-state index >= 15 is 0 Å². The van der Waals surface area contributed by atoms with Gasteiger partial charge in [0.15, 0.2) is 9.92 Å². The maximum Gasteiger partial charge on any atom is 0.354 e. The molecule has 28 heavy (non-hydrogen) atoms. The van der Waals surface area contributed by atoms with E-state index in [-0.39, 0.29) is 4.21 Å². The molecular formula is C19H26N4O3S2. The number of nitrogens with two attached hydrogens (primary N) is 1. The Balaban J connectivity index is 1.93. The summed E-state index contributed by atoms with van der Waals surface area (Å²) in [5.41, 5.74) is 4.11. The van der Waals surface area contributed by atoms with Gasteiger partial charge >= 0.3 is 6.03 Å². The fourth-order valence-corrected chi connectivity index (χ4v) is 5.62. The van der Waals surface area contributed by atoms with Crippen molar-refractivity contribution in [3.8, 4) is 0 Å². The van der Waals surface area contributed by atoms with E-state index in [0.29, 0.717) is 11.3 Å². The highest BCUT2D eigenvalue weighted by atomic mass is 32.2. The number of nitrogens with zero attached hydrogens (tertiary/aromatic N) is 2. The average Bonchev–Trinajstić information content (AvgIpc) is 3.25. The minimum atomic E-state index is -3.41. The molecule has 4 N–H and O–H groups in total. The Morgan fingerprint density at radius 3 is 2.79 bits per heavy atom. The molecule has 1 aliphatic rings. The van der Waals surface area contributed by atoms with Crippen molar-refractivity contribution in [2.24, 2.45) is 9.50 Å². The van der Waals surface area contributed by atoms with Gasteiger partial charge in [0, 0.05) is 11.4 Å². The first-order valence-corrected chi connectivity index (χ1v) is 11.7. The number of hydrogen-bond donors (Lipinski definition) is 3. The normalized spacial score (nSPS) is 15.8. The Morgan fingerprint density at radius 2 is 2.18 bits per heavy atom. The van der Waals surface area contributed by atoms with E-state index in [4.69, 9.17) is 10.1 Å². The lowest BCUT2D eigenvalue weighted by atomic mass is 10.0. The molecule has 1 aliphatic carbocycles. The topological polar surface area (TPSA) is 118 Å². The number of nitrogens with one attached hydrogen (secondary N) is 1. The largest absolute Gasteiger partial charge is 0.386 e. The van der Waals surface area contributed by atoms with Crippen molar-refractivity contribution in [1.29, 1.82) is 0 Å². The highest BCUT2D eigenvalue weighted by Gasteiger charge is 2.24. The van der Waals surface area contributed by atoms with E-state index in [1.165, 1.54) is 6.07 Å². The predicted octanol–water partition coefficient (Wildman–Crippen LogP) is 3.66. The van der Waals surface area contributed by atoms with E-state index in [1.807, 2.05) is 13.8 Å². The Kier molecular flexibility index (Phi) is 5.64. The SMILES string of the molecule is CCc1nc2c(c(NC(=O)N=S(N)(=O)c3cc(C(C)(C)O)cs3)c1C)CCC2.